The van der Waals surface area contributed by atoms with Crippen molar-refractivity contribution in [2.45, 2.75) is 43.1 Å². The van der Waals surface area contributed by atoms with E-state index in [4.69, 9.17) is 10.00 Å². The zero-order valence-electron chi connectivity index (χ0n) is 12.9. The van der Waals surface area contributed by atoms with Crippen LogP contribution in [0.3, 0.4) is 0 Å². The molecule has 1 aliphatic heterocycles. The molecule has 6 nitrogen and oxygen atoms in total. The third-order valence-corrected chi connectivity index (χ3v) is 4.80. The Morgan fingerprint density at radius 1 is 1.55 bits per heavy atom. The molecule has 2 atom stereocenters. The van der Waals surface area contributed by atoms with Gasteiger partial charge in [0, 0.05) is 19.3 Å². The smallest absolute Gasteiger partial charge is 0.410 e. The SMILES string of the molecule is CC(C)(C)OC(=O)N1CC[C@H]([S@](=O)c2cc(C#N)ccn2)C1. The number of hydrogen-bond acceptors (Lipinski definition) is 5. The van der Waals surface area contributed by atoms with Crippen LogP contribution in [0.25, 0.3) is 0 Å². The van der Waals surface area contributed by atoms with Gasteiger partial charge in [-0.2, -0.15) is 5.26 Å². The quantitative estimate of drug-likeness (QED) is 0.832. The van der Waals surface area contributed by atoms with Crippen LogP contribution in [0.15, 0.2) is 23.4 Å². The maximum Gasteiger partial charge on any atom is 0.410 e. The van der Waals surface area contributed by atoms with E-state index in [0.717, 1.165) is 0 Å². The van der Waals surface area contributed by atoms with Gasteiger partial charge >= 0.3 is 6.09 Å². The van der Waals surface area contributed by atoms with Gasteiger partial charge in [0.25, 0.3) is 0 Å². The van der Waals surface area contributed by atoms with Gasteiger partial charge in [-0.3, -0.25) is 4.21 Å². The van der Waals surface area contributed by atoms with Gasteiger partial charge in [-0.25, -0.2) is 9.78 Å². The molecular formula is C15H19N3O3S. The second-order valence-corrected chi connectivity index (χ2v) is 7.81. The van der Waals surface area contributed by atoms with E-state index in [9.17, 15) is 9.00 Å². The number of amides is 1. The fraction of sp³-hybridized carbons (Fsp3) is 0.533. The molecule has 1 fully saturated rings. The van der Waals surface area contributed by atoms with Gasteiger partial charge < -0.3 is 9.64 Å². The van der Waals surface area contributed by atoms with Gasteiger partial charge in [0.1, 0.15) is 10.6 Å². The summed E-state index contributed by atoms with van der Waals surface area (Å²) in [7, 11) is -1.34. The zero-order valence-corrected chi connectivity index (χ0v) is 13.7. The van der Waals surface area contributed by atoms with E-state index in [0.29, 0.717) is 30.1 Å². The predicted octanol–water partition coefficient (Wildman–Crippen LogP) is 2.07. The molecule has 1 saturated heterocycles. The molecule has 0 aliphatic carbocycles. The van der Waals surface area contributed by atoms with E-state index in [1.165, 1.54) is 12.3 Å². The first-order chi connectivity index (χ1) is 10.3. The summed E-state index contributed by atoms with van der Waals surface area (Å²) in [5, 5.41) is 9.08. The third kappa shape index (κ3) is 4.04. The Labute approximate surface area is 132 Å². The number of carbonyl (C=O) groups is 1. The summed E-state index contributed by atoms with van der Waals surface area (Å²) in [4.78, 5) is 17.7. The lowest BCUT2D eigenvalue weighted by Crippen LogP contribution is -2.36. The van der Waals surface area contributed by atoms with Crippen molar-refractivity contribution in [2.75, 3.05) is 13.1 Å². The molecule has 22 heavy (non-hydrogen) atoms. The minimum Gasteiger partial charge on any atom is -0.444 e. The van der Waals surface area contributed by atoms with Crippen molar-refractivity contribution in [3.63, 3.8) is 0 Å². The van der Waals surface area contributed by atoms with E-state index in [1.807, 2.05) is 26.8 Å². The van der Waals surface area contributed by atoms with Crippen LogP contribution in [0.5, 0.6) is 0 Å². The molecule has 2 rings (SSSR count). The average molecular weight is 321 g/mol. The maximum absolute atomic E-state index is 12.5. The average Bonchev–Trinajstić information content (AvgIpc) is 2.94. The largest absolute Gasteiger partial charge is 0.444 e. The highest BCUT2D eigenvalue weighted by molar-refractivity contribution is 7.85. The standard InChI is InChI=1S/C15H19N3O3S/c1-15(2,3)21-14(19)18-7-5-12(10-18)22(20)13-8-11(9-16)4-6-17-13/h4,6,8,12H,5,7,10H2,1-3H3/t12-,22-/m0/s1. The molecule has 118 valence electrons. The Bertz CT molecular complexity index is 634. The molecule has 0 radical (unpaired) electrons. The van der Waals surface area contributed by atoms with E-state index in [1.54, 1.807) is 11.0 Å². The number of nitriles is 1. The van der Waals surface area contributed by atoms with E-state index in [2.05, 4.69) is 4.98 Å². The van der Waals surface area contributed by atoms with Crippen LogP contribution < -0.4 is 0 Å². The summed E-state index contributed by atoms with van der Waals surface area (Å²) in [5.41, 5.74) is -0.114. The number of aromatic nitrogens is 1. The molecule has 1 aromatic heterocycles. The van der Waals surface area contributed by atoms with Crippen molar-refractivity contribution >= 4 is 16.9 Å². The van der Waals surface area contributed by atoms with Gasteiger partial charge in [-0.15, -0.1) is 0 Å². The minimum absolute atomic E-state index is 0.186. The Hall–Kier alpha value is -1.94. The Kier molecular flexibility index (Phi) is 4.81. The van der Waals surface area contributed by atoms with E-state index >= 15 is 0 Å². The monoisotopic (exact) mass is 321 g/mol. The van der Waals surface area contributed by atoms with Crippen molar-refractivity contribution in [1.82, 2.24) is 9.88 Å². The summed E-state index contributed by atoms with van der Waals surface area (Å²) in [6.45, 7) is 6.33. The number of hydrogen-bond donors (Lipinski definition) is 0. The highest BCUT2D eigenvalue weighted by atomic mass is 32.2. The molecule has 1 aromatic rings. The molecule has 0 aromatic carbocycles. The lowest BCUT2D eigenvalue weighted by molar-refractivity contribution is 0.0295. The van der Waals surface area contributed by atoms with Crippen LogP contribution >= 0.6 is 0 Å². The molecule has 7 heteroatoms. The van der Waals surface area contributed by atoms with Crippen molar-refractivity contribution in [1.29, 1.82) is 5.26 Å². The Morgan fingerprint density at radius 2 is 2.27 bits per heavy atom. The fourth-order valence-electron chi connectivity index (χ4n) is 2.16. The van der Waals surface area contributed by atoms with Gasteiger partial charge in [-0.05, 0) is 39.3 Å². The Balaban J connectivity index is 2.02. The molecule has 0 bridgehead atoms. The summed E-state index contributed by atoms with van der Waals surface area (Å²) < 4.78 is 17.9. The molecule has 0 N–H and O–H groups in total. The molecule has 1 amide bonds. The molecule has 1 aliphatic rings. The van der Waals surface area contributed by atoms with Crippen LogP contribution in [0.4, 0.5) is 4.79 Å². The van der Waals surface area contributed by atoms with Crippen LogP contribution in [-0.2, 0) is 15.5 Å². The predicted molar refractivity (Wildman–Crippen MR) is 81.6 cm³/mol. The van der Waals surface area contributed by atoms with Crippen LogP contribution in [-0.4, -0.2) is 44.1 Å². The normalized spacial score (nSPS) is 19.5. The van der Waals surface area contributed by atoms with Crippen molar-refractivity contribution < 1.29 is 13.7 Å². The number of nitrogens with zero attached hydrogens (tertiary/aromatic N) is 3. The molecular weight excluding hydrogens is 302 g/mol. The summed E-state index contributed by atoms with van der Waals surface area (Å²) in [6.07, 6.45) is 1.72. The van der Waals surface area contributed by atoms with Crippen molar-refractivity contribution in [3.8, 4) is 6.07 Å². The first-order valence-corrected chi connectivity index (χ1v) is 8.26. The van der Waals surface area contributed by atoms with Crippen molar-refractivity contribution in [3.05, 3.63) is 23.9 Å². The number of carbonyl (C=O) groups excluding carboxylic acids is 1. The van der Waals surface area contributed by atoms with Crippen LogP contribution in [0, 0.1) is 11.3 Å². The summed E-state index contributed by atoms with van der Waals surface area (Å²) >= 11 is 0. The Morgan fingerprint density at radius 3 is 2.91 bits per heavy atom. The van der Waals surface area contributed by atoms with Crippen molar-refractivity contribution in [2.24, 2.45) is 0 Å². The molecule has 2 heterocycles. The number of ether oxygens (including phenoxy) is 1. The molecule has 0 saturated carbocycles. The number of likely N-dealkylation sites (tertiary alicyclic amines) is 1. The number of pyridine rings is 1. The topological polar surface area (TPSA) is 83.3 Å². The van der Waals surface area contributed by atoms with Gasteiger partial charge in [-0.1, -0.05) is 0 Å². The second kappa shape index (κ2) is 6.44. The van der Waals surface area contributed by atoms with Crippen LogP contribution in [0.2, 0.25) is 0 Å². The first kappa shape index (κ1) is 16.4. The van der Waals surface area contributed by atoms with Gasteiger partial charge in [0.15, 0.2) is 0 Å². The third-order valence-electron chi connectivity index (χ3n) is 3.17. The lowest BCUT2D eigenvalue weighted by Gasteiger charge is -2.24. The van der Waals surface area contributed by atoms with Crippen LogP contribution in [0.1, 0.15) is 32.8 Å². The molecule has 0 spiro atoms. The first-order valence-electron chi connectivity index (χ1n) is 7.05. The van der Waals surface area contributed by atoms with E-state index in [-0.39, 0.29) is 11.3 Å². The number of rotatable bonds is 2. The second-order valence-electron chi connectivity index (χ2n) is 6.13. The maximum atomic E-state index is 12.5. The molecule has 0 unspecified atom stereocenters. The lowest BCUT2D eigenvalue weighted by atomic mass is 10.2. The zero-order chi connectivity index (χ0) is 16.3. The summed E-state index contributed by atoms with van der Waals surface area (Å²) in [5.74, 6) is 0. The van der Waals surface area contributed by atoms with Gasteiger partial charge in [0.05, 0.1) is 27.7 Å². The fourth-order valence-corrected chi connectivity index (χ4v) is 3.54. The van der Waals surface area contributed by atoms with Gasteiger partial charge in [0.2, 0.25) is 0 Å². The minimum atomic E-state index is -1.34. The van der Waals surface area contributed by atoms with E-state index < -0.39 is 16.4 Å². The highest BCUT2D eigenvalue weighted by Crippen LogP contribution is 2.21. The highest BCUT2D eigenvalue weighted by Gasteiger charge is 2.33. The summed E-state index contributed by atoms with van der Waals surface area (Å²) in [6, 6.07) is 5.11.